The Labute approximate surface area is 222 Å². The van der Waals surface area contributed by atoms with Crippen molar-refractivity contribution < 1.29 is 4.42 Å². The maximum absolute atomic E-state index is 6.18. The van der Waals surface area contributed by atoms with Gasteiger partial charge in [-0.15, -0.1) is 0 Å². The average Bonchev–Trinajstić information content (AvgIpc) is 3.43. The van der Waals surface area contributed by atoms with Crippen molar-refractivity contribution in [3.05, 3.63) is 152 Å². The fourth-order valence-corrected chi connectivity index (χ4v) is 5.21. The van der Waals surface area contributed by atoms with Crippen molar-refractivity contribution in [3.8, 4) is 22.5 Å². The van der Waals surface area contributed by atoms with E-state index in [1.54, 1.807) is 0 Å². The third-order valence-electron chi connectivity index (χ3n) is 7.05. The summed E-state index contributed by atoms with van der Waals surface area (Å²) in [5.74, 6) is 0.868. The third kappa shape index (κ3) is 4.03. The van der Waals surface area contributed by atoms with Crippen LogP contribution in [0.15, 0.2) is 156 Å². The van der Waals surface area contributed by atoms with Crippen LogP contribution in [0.2, 0.25) is 0 Å². The third-order valence-corrected chi connectivity index (χ3v) is 7.05. The minimum absolute atomic E-state index is 0.868. The van der Waals surface area contributed by atoms with Crippen LogP contribution in [0.25, 0.3) is 44.2 Å². The molecule has 7 rings (SSSR count). The lowest BCUT2D eigenvalue weighted by Crippen LogP contribution is -2.09. The van der Waals surface area contributed by atoms with Crippen molar-refractivity contribution >= 4 is 38.8 Å². The largest absolute Gasteiger partial charge is 0.456 e. The molecule has 0 aliphatic rings. The molecule has 2 nitrogen and oxygen atoms in total. The molecule has 0 atom stereocenters. The SMILES string of the molecule is c1ccc(N(c2ccc(-c3cccc4ccccc34)cc2)c2cccc(-c3cc4ccccc4o3)c2)cc1. The maximum atomic E-state index is 6.18. The van der Waals surface area contributed by atoms with E-state index in [1.807, 2.05) is 18.2 Å². The predicted molar refractivity (Wildman–Crippen MR) is 159 cm³/mol. The van der Waals surface area contributed by atoms with Gasteiger partial charge in [-0.3, -0.25) is 0 Å². The predicted octanol–water partition coefficient (Wildman–Crippen LogP) is 10.4. The molecule has 0 radical (unpaired) electrons. The van der Waals surface area contributed by atoms with Crippen LogP contribution in [0.5, 0.6) is 0 Å². The number of para-hydroxylation sites is 2. The first-order valence-electron chi connectivity index (χ1n) is 12.9. The lowest BCUT2D eigenvalue weighted by molar-refractivity contribution is 0.631. The molecule has 0 bridgehead atoms. The molecule has 0 saturated carbocycles. The molecule has 0 unspecified atom stereocenters. The summed E-state index contributed by atoms with van der Waals surface area (Å²) in [5, 5.41) is 3.63. The molecule has 2 heteroatoms. The van der Waals surface area contributed by atoms with Crippen molar-refractivity contribution in [2.45, 2.75) is 0 Å². The Morgan fingerprint density at radius 2 is 1.08 bits per heavy atom. The van der Waals surface area contributed by atoms with Crippen LogP contribution in [0.4, 0.5) is 17.1 Å². The van der Waals surface area contributed by atoms with Crippen LogP contribution in [0.3, 0.4) is 0 Å². The minimum atomic E-state index is 0.868. The van der Waals surface area contributed by atoms with Crippen LogP contribution in [0, 0.1) is 0 Å². The summed E-state index contributed by atoms with van der Waals surface area (Å²) in [4.78, 5) is 2.29. The van der Waals surface area contributed by atoms with Crippen molar-refractivity contribution in [1.29, 1.82) is 0 Å². The van der Waals surface area contributed by atoms with Gasteiger partial charge in [-0.05, 0) is 70.4 Å². The Morgan fingerprint density at radius 3 is 1.92 bits per heavy atom. The maximum Gasteiger partial charge on any atom is 0.135 e. The van der Waals surface area contributed by atoms with E-state index in [9.17, 15) is 0 Å². The lowest BCUT2D eigenvalue weighted by Gasteiger charge is -2.26. The second-order valence-corrected chi connectivity index (χ2v) is 9.44. The van der Waals surface area contributed by atoms with E-state index in [2.05, 4.69) is 138 Å². The van der Waals surface area contributed by atoms with Crippen LogP contribution in [0.1, 0.15) is 0 Å². The molecule has 0 aliphatic carbocycles. The highest BCUT2D eigenvalue weighted by molar-refractivity contribution is 5.97. The minimum Gasteiger partial charge on any atom is -0.456 e. The standard InChI is InChI=1S/C36H25NO/c1-2-14-30(15-3-1)37(32-16-8-13-28(24-32)36-25-29-11-5-7-19-35(29)38-36)31-22-20-27(21-23-31)34-18-9-12-26-10-4-6-17-33(26)34/h1-25H. The smallest absolute Gasteiger partial charge is 0.135 e. The fraction of sp³-hybridized carbons (Fsp3) is 0. The molecule has 0 fully saturated rings. The molecule has 0 saturated heterocycles. The Balaban J connectivity index is 1.31. The van der Waals surface area contributed by atoms with E-state index in [4.69, 9.17) is 4.42 Å². The number of anilines is 3. The van der Waals surface area contributed by atoms with Gasteiger partial charge < -0.3 is 9.32 Å². The van der Waals surface area contributed by atoms with Crippen LogP contribution in [-0.4, -0.2) is 0 Å². The number of fused-ring (bicyclic) bond motifs is 2. The molecule has 0 amide bonds. The van der Waals surface area contributed by atoms with Crippen molar-refractivity contribution in [2.24, 2.45) is 0 Å². The second kappa shape index (κ2) is 9.42. The number of rotatable bonds is 5. The zero-order valence-electron chi connectivity index (χ0n) is 20.8. The van der Waals surface area contributed by atoms with Crippen molar-refractivity contribution in [3.63, 3.8) is 0 Å². The number of furan rings is 1. The summed E-state index contributed by atoms with van der Waals surface area (Å²) in [6, 6.07) is 53.2. The van der Waals surface area contributed by atoms with Gasteiger partial charge >= 0.3 is 0 Å². The van der Waals surface area contributed by atoms with Crippen LogP contribution >= 0.6 is 0 Å². The molecular weight excluding hydrogens is 462 g/mol. The zero-order chi connectivity index (χ0) is 25.3. The molecule has 1 aromatic heterocycles. The number of benzene rings is 6. The van der Waals surface area contributed by atoms with Crippen molar-refractivity contribution in [2.75, 3.05) is 4.90 Å². The zero-order valence-corrected chi connectivity index (χ0v) is 20.8. The second-order valence-electron chi connectivity index (χ2n) is 9.44. The molecule has 6 aromatic carbocycles. The number of hydrogen-bond donors (Lipinski definition) is 0. The Hall–Kier alpha value is -5.08. The first-order chi connectivity index (χ1) is 18.8. The number of nitrogens with zero attached hydrogens (tertiary/aromatic N) is 1. The van der Waals surface area contributed by atoms with Crippen LogP contribution < -0.4 is 4.90 Å². The summed E-state index contributed by atoms with van der Waals surface area (Å²) in [6.07, 6.45) is 0. The van der Waals surface area contributed by atoms with E-state index < -0.39 is 0 Å². The molecule has 180 valence electrons. The van der Waals surface area contributed by atoms with Gasteiger partial charge in [-0.25, -0.2) is 0 Å². The van der Waals surface area contributed by atoms with E-state index in [-0.39, 0.29) is 0 Å². The molecule has 0 aliphatic heterocycles. The first-order valence-corrected chi connectivity index (χ1v) is 12.9. The highest BCUT2D eigenvalue weighted by atomic mass is 16.3. The van der Waals surface area contributed by atoms with E-state index in [0.717, 1.165) is 39.4 Å². The summed E-state index contributed by atoms with van der Waals surface area (Å²) in [5.41, 5.74) is 7.67. The normalized spacial score (nSPS) is 11.2. The Bertz CT molecular complexity index is 1830. The van der Waals surface area contributed by atoms with Gasteiger partial charge in [0.05, 0.1) is 0 Å². The molecule has 7 aromatic rings. The van der Waals surface area contributed by atoms with Gasteiger partial charge in [-0.1, -0.05) is 103 Å². The molecule has 0 spiro atoms. The quantitative estimate of drug-likeness (QED) is 0.240. The Morgan fingerprint density at radius 1 is 0.421 bits per heavy atom. The summed E-state index contributed by atoms with van der Waals surface area (Å²) >= 11 is 0. The lowest BCUT2D eigenvalue weighted by atomic mass is 9.98. The molecular formula is C36H25NO. The fourth-order valence-electron chi connectivity index (χ4n) is 5.21. The summed E-state index contributed by atoms with van der Waals surface area (Å²) in [6.45, 7) is 0. The Kier molecular flexibility index (Phi) is 5.49. The summed E-state index contributed by atoms with van der Waals surface area (Å²) < 4.78 is 6.18. The average molecular weight is 488 g/mol. The highest BCUT2D eigenvalue weighted by Crippen LogP contribution is 2.38. The van der Waals surface area contributed by atoms with Gasteiger partial charge in [0.15, 0.2) is 0 Å². The number of hydrogen-bond acceptors (Lipinski definition) is 2. The monoisotopic (exact) mass is 487 g/mol. The van der Waals surface area contributed by atoms with Gasteiger partial charge in [-0.2, -0.15) is 0 Å². The van der Waals surface area contributed by atoms with Gasteiger partial charge in [0.1, 0.15) is 11.3 Å². The van der Waals surface area contributed by atoms with Gasteiger partial charge in [0.2, 0.25) is 0 Å². The topological polar surface area (TPSA) is 16.4 Å². The molecule has 0 N–H and O–H groups in total. The molecule has 1 heterocycles. The van der Waals surface area contributed by atoms with Gasteiger partial charge in [0.25, 0.3) is 0 Å². The molecule has 38 heavy (non-hydrogen) atoms. The highest BCUT2D eigenvalue weighted by Gasteiger charge is 2.15. The van der Waals surface area contributed by atoms with E-state index >= 15 is 0 Å². The van der Waals surface area contributed by atoms with Crippen LogP contribution in [-0.2, 0) is 0 Å². The van der Waals surface area contributed by atoms with Gasteiger partial charge in [0, 0.05) is 28.0 Å². The summed E-state index contributed by atoms with van der Waals surface area (Å²) in [7, 11) is 0. The van der Waals surface area contributed by atoms with E-state index in [1.165, 1.54) is 21.9 Å². The van der Waals surface area contributed by atoms with Crippen molar-refractivity contribution in [1.82, 2.24) is 0 Å². The first kappa shape index (κ1) is 22.1. The van der Waals surface area contributed by atoms with E-state index in [0.29, 0.717) is 0 Å².